The number of rotatable bonds is 8. The Morgan fingerprint density at radius 1 is 1.26 bits per heavy atom. The molecule has 0 bridgehead atoms. The smallest absolute Gasteiger partial charge is 0.0593 e. The molecule has 0 radical (unpaired) electrons. The monoisotopic (exact) mass is 268 g/mol. The number of nitrogens with one attached hydrogen (secondary N) is 1. The second-order valence-electron chi connectivity index (χ2n) is 6.41. The first kappa shape index (κ1) is 15.3. The zero-order valence-electron chi connectivity index (χ0n) is 13.0. The second kappa shape index (κ2) is 7.61. The highest BCUT2D eigenvalue weighted by Crippen LogP contribution is 2.36. The van der Waals surface area contributed by atoms with E-state index in [0.717, 1.165) is 44.1 Å². The molecule has 0 aromatic carbocycles. The van der Waals surface area contributed by atoms with Crippen LogP contribution in [-0.2, 0) is 4.74 Å². The maximum absolute atomic E-state index is 5.69. The Hall–Kier alpha value is -0.120. The molecule has 0 amide bonds. The van der Waals surface area contributed by atoms with Gasteiger partial charge in [-0.05, 0) is 31.1 Å². The van der Waals surface area contributed by atoms with Gasteiger partial charge in [0, 0.05) is 38.3 Å². The van der Waals surface area contributed by atoms with Gasteiger partial charge in [0.2, 0.25) is 0 Å². The Bertz CT molecular complexity index is 255. The summed E-state index contributed by atoms with van der Waals surface area (Å²) in [6.45, 7) is 12.2. The Morgan fingerprint density at radius 2 is 2.05 bits per heavy atom. The van der Waals surface area contributed by atoms with Gasteiger partial charge in [-0.2, -0.15) is 0 Å². The van der Waals surface area contributed by atoms with Gasteiger partial charge < -0.3 is 10.1 Å². The molecule has 0 aromatic heterocycles. The van der Waals surface area contributed by atoms with E-state index >= 15 is 0 Å². The molecule has 3 nitrogen and oxygen atoms in total. The summed E-state index contributed by atoms with van der Waals surface area (Å²) in [5, 5.41) is 3.79. The zero-order valence-corrected chi connectivity index (χ0v) is 13.0. The summed E-state index contributed by atoms with van der Waals surface area (Å²) in [4.78, 5) is 2.71. The van der Waals surface area contributed by atoms with Gasteiger partial charge in [0.1, 0.15) is 0 Å². The van der Waals surface area contributed by atoms with Crippen molar-refractivity contribution in [1.82, 2.24) is 10.2 Å². The van der Waals surface area contributed by atoms with Gasteiger partial charge in [0.15, 0.2) is 0 Å². The van der Waals surface area contributed by atoms with Gasteiger partial charge in [-0.1, -0.05) is 27.2 Å². The number of ether oxygens (including phenoxy) is 1. The van der Waals surface area contributed by atoms with E-state index in [1.807, 2.05) is 0 Å². The van der Waals surface area contributed by atoms with E-state index in [4.69, 9.17) is 4.74 Å². The predicted octanol–water partition coefficient (Wildman–Crippen LogP) is 2.51. The highest BCUT2D eigenvalue weighted by molar-refractivity contribution is 4.95. The van der Waals surface area contributed by atoms with Crippen molar-refractivity contribution in [3.05, 3.63) is 0 Å². The Balaban J connectivity index is 1.81. The van der Waals surface area contributed by atoms with E-state index in [2.05, 4.69) is 31.0 Å². The molecule has 19 heavy (non-hydrogen) atoms. The topological polar surface area (TPSA) is 24.5 Å². The zero-order chi connectivity index (χ0) is 13.7. The molecule has 3 atom stereocenters. The fraction of sp³-hybridized carbons (Fsp3) is 1.00. The van der Waals surface area contributed by atoms with Gasteiger partial charge in [-0.15, -0.1) is 0 Å². The lowest BCUT2D eigenvalue weighted by molar-refractivity contribution is 0.0503. The van der Waals surface area contributed by atoms with Crippen LogP contribution >= 0.6 is 0 Å². The van der Waals surface area contributed by atoms with E-state index in [1.54, 1.807) is 0 Å². The summed E-state index contributed by atoms with van der Waals surface area (Å²) in [6, 6.07) is 1.44. The third kappa shape index (κ3) is 4.44. The van der Waals surface area contributed by atoms with Crippen molar-refractivity contribution >= 4 is 0 Å². The molecule has 2 rings (SSSR count). The van der Waals surface area contributed by atoms with Crippen LogP contribution in [0.4, 0.5) is 0 Å². The molecule has 0 aromatic rings. The average Bonchev–Trinajstić information content (AvgIpc) is 3.27. The van der Waals surface area contributed by atoms with Crippen molar-refractivity contribution < 1.29 is 4.74 Å². The van der Waals surface area contributed by atoms with Crippen LogP contribution in [0, 0.1) is 11.8 Å². The summed E-state index contributed by atoms with van der Waals surface area (Å²) in [5.41, 5.74) is 0. The van der Waals surface area contributed by atoms with Gasteiger partial charge in [-0.3, -0.25) is 4.90 Å². The number of hydrogen-bond acceptors (Lipinski definition) is 3. The molecular formula is C16H32N2O. The molecular weight excluding hydrogens is 236 g/mol. The first-order valence-corrected chi connectivity index (χ1v) is 8.31. The van der Waals surface area contributed by atoms with E-state index in [0.29, 0.717) is 6.04 Å². The minimum absolute atomic E-state index is 0.672. The van der Waals surface area contributed by atoms with Crippen LogP contribution in [0.5, 0.6) is 0 Å². The quantitative estimate of drug-likeness (QED) is 0.685. The summed E-state index contributed by atoms with van der Waals surface area (Å²) in [5.74, 6) is 1.73. The predicted molar refractivity (Wildman–Crippen MR) is 80.4 cm³/mol. The molecule has 2 aliphatic rings. The largest absolute Gasteiger partial charge is 0.380 e. The summed E-state index contributed by atoms with van der Waals surface area (Å²) < 4.78 is 5.69. The normalized spacial score (nSPS) is 30.5. The van der Waals surface area contributed by atoms with Crippen LogP contribution in [-0.4, -0.2) is 49.8 Å². The van der Waals surface area contributed by atoms with Gasteiger partial charge in [0.05, 0.1) is 6.61 Å². The Morgan fingerprint density at radius 3 is 2.68 bits per heavy atom. The lowest BCUT2D eigenvalue weighted by Gasteiger charge is -2.42. The van der Waals surface area contributed by atoms with E-state index in [-0.39, 0.29) is 0 Å². The van der Waals surface area contributed by atoms with E-state index in [9.17, 15) is 0 Å². The van der Waals surface area contributed by atoms with Crippen LogP contribution in [0.15, 0.2) is 0 Å². The van der Waals surface area contributed by atoms with Crippen LogP contribution < -0.4 is 5.32 Å². The highest BCUT2D eigenvalue weighted by atomic mass is 16.5. The minimum atomic E-state index is 0.672. The first-order chi connectivity index (χ1) is 9.26. The fourth-order valence-corrected chi connectivity index (χ4v) is 3.15. The highest BCUT2D eigenvalue weighted by Gasteiger charge is 2.39. The van der Waals surface area contributed by atoms with Gasteiger partial charge in [-0.25, -0.2) is 0 Å². The van der Waals surface area contributed by atoms with Crippen molar-refractivity contribution in [2.45, 2.75) is 58.5 Å². The summed E-state index contributed by atoms with van der Waals surface area (Å²) in [6.07, 6.45) is 5.27. The van der Waals surface area contributed by atoms with Gasteiger partial charge in [0.25, 0.3) is 0 Å². The van der Waals surface area contributed by atoms with Gasteiger partial charge >= 0.3 is 0 Å². The molecule has 1 saturated heterocycles. The number of piperazine rings is 1. The average molecular weight is 268 g/mol. The van der Waals surface area contributed by atoms with E-state index in [1.165, 1.54) is 32.4 Å². The molecule has 1 N–H and O–H groups in total. The number of nitrogens with zero attached hydrogens (tertiary/aromatic N) is 1. The fourth-order valence-electron chi connectivity index (χ4n) is 3.15. The standard InChI is InChI=1S/C16H32N2O/c1-4-9-19-10-8-18-12-15(13(3)5-2)17-11-16(18)14-6-7-14/h13-17H,4-12H2,1-3H3. The van der Waals surface area contributed by atoms with Crippen LogP contribution in [0.3, 0.4) is 0 Å². The molecule has 3 unspecified atom stereocenters. The molecule has 112 valence electrons. The third-order valence-corrected chi connectivity index (χ3v) is 4.86. The van der Waals surface area contributed by atoms with Crippen molar-refractivity contribution in [3.63, 3.8) is 0 Å². The Kier molecular flexibility index (Phi) is 6.11. The van der Waals surface area contributed by atoms with Crippen molar-refractivity contribution in [2.24, 2.45) is 11.8 Å². The molecule has 0 spiro atoms. The maximum Gasteiger partial charge on any atom is 0.0593 e. The van der Waals surface area contributed by atoms with Crippen molar-refractivity contribution in [2.75, 3.05) is 32.8 Å². The van der Waals surface area contributed by atoms with Crippen LogP contribution in [0.1, 0.15) is 46.5 Å². The molecule has 2 fully saturated rings. The molecule has 1 aliphatic heterocycles. The lowest BCUT2D eigenvalue weighted by Crippen LogP contribution is -2.59. The van der Waals surface area contributed by atoms with E-state index < -0.39 is 0 Å². The van der Waals surface area contributed by atoms with Crippen LogP contribution in [0.25, 0.3) is 0 Å². The minimum Gasteiger partial charge on any atom is -0.380 e. The SMILES string of the molecule is CCCOCCN1CC(C(C)CC)NCC1C1CC1. The molecule has 1 heterocycles. The molecule has 1 saturated carbocycles. The third-order valence-electron chi connectivity index (χ3n) is 4.86. The van der Waals surface area contributed by atoms with Crippen LogP contribution in [0.2, 0.25) is 0 Å². The second-order valence-corrected chi connectivity index (χ2v) is 6.41. The lowest BCUT2D eigenvalue weighted by atomic mass is 9.94. The first-order valence-electron chi connectivity index (χ1n) is 8.31. The maximum atomic E-state index is 5.69. The Labute approximate surface area is 119 Å². The number of hydrogen-bond donors (Lipinski definition) is 1. The molecule has 3 heteroatoms. The molecule has 1 aliphatic carbocycles. The summed E-state index contributed by atoms with van der Waals surface area (Å²) >= 11 is 0. The summed E-state index contributed by atoms with van der Waals surface area (Å²) in [7, 11) is 0. The van der Waals surface area contributed by atoms with Crippen molar-refractivity contribution in [3.8, 4) is 0 Å². The van der Waals surface area contributed by atoms with Crippen molar-refractivity contribution in [1.29, 1.82) is 0 Å².